The molecule has 94 valence electrons. The van der Waals surface area contributed by atoms with Crippen LogP contribution in [-0.4, -0.2) is 37.6 Å². The minimum Gasteiger partial charge on any atom is -0.313 e. The maximum absolute atomic E-state index is 3.85. The van der Waals surface area contributed by atoms with Gasteiger partial charge in [0.2, 0.25) is 0 Å². The van der Waals surface area contributed by atoms with Gasteiger partial charge in [-0.25, -0.2) is 0 Å². The molecule has 0 amide bonds. The molecule has 0 bridgehead atoms. The average Bonchev–Trinajstić information content (AvgIpc) is 3.10. The summed E-state index contributed by atoms with van der Waals surface area (Å²) in [5, 5.41) is 3.85. The molecule has 1 saturated carbocycles. The van der Waals surface area contributed by atoms with Crippen molar-refractivity contribution in [1.82, 2.24) is 10.2 Å². The molecule has 2 nitrogen and oxygen atoms in total. The topological polar surface area (TPSA) is 15.3 Å². The monoisotopic (exact) mass is 224 g/mol. The summed E-state index contributed by atoms with van der Waals surface area (Å²) in [6, 6.07) is 0.838. The van der Waals surface area contributed by atoms with E-state index in [1.807, 2.05) is 0 Å². The highest BCUT2D eigenvalue weighted by Crippen LogP contribution is 2.34. The summed E-state index contributed by atoms with van der Waals surface area (Å²) in [7, 11) is 2.24. The summed E-state index contributed by atoms with van der Waals surface area (Å²) in [6.07, 6.45) is 8.47. The predicted octanol–water partition coefficient (Wildman–Crippen LogP) is 2.50. The lowest BCUT2D eigenvalue weighted by Crippen LogP contribution is -2.39. The van der Waals surface area contributed by atoms with E-state index in [1.165, 1.54) is 58.2 Å². The Morgan fingerprint density at radius 2 is 1.88 bits per heavy atom. The molecule has 2 heteroatoms. The minimum atomic E-state index is 0.838. The second-order valence-corrected chi connectivity index (χ2v) is 5.89. The zero-order valence-corrected chi connectivity index (χ0v) is 11.0. The van der Waals surface area contributed by atoms with E-state index in [2.05, 4.69) is 24.2 Å². The lowest BCUT2D eigenvalue weighted by Gasteiger charge is -2.30. The Morgan fingerprint density at radius 3 is 2.44 bits per heavy atom. The van der Waals surface area contributed by atoms with Gasteiger partial charge in [-0.2, -0.15) is 0 Å². The zero-order chi connectivity index (χ0) is 11.4. The van der Waals surface area contributed by atoms with Crippen LogP contribution in [0.4, 0.5) is 0 Å². The molecule has 0 aromatic rings. The lowest BCUT2D eigenvalue weighted by atomic mass is 9.96. The van der Waals surface area contributed by atoms with Gasteiger partial charge >= 0.3 is 0 Å². The van der Waals surface area contributed by atoms with Crippen LogP contribution in [0.3, 0.4) is 0 Å². The second kappa shape index (κ2) is 6.02. The van der Waals surface area contributed by atoms with Crippen molar-refractivity contribution < 1.29 is 0 Å². The van der Waals surface area contributed by atoms with Crippen molar-refractivity contribution in [2.24, 2.45) is 11.8 Å². The van der Waals surface area contributed by atoms with Gasteiger partial charge in [-0.3, -0.25) is 0 Å². The third kappa shape index (κ3) is 3.74. The van der Waals surface area contributed by atoms with Crippen LogP contribution in [0.15, 0.2) is 0 Å². The predicted molar refractivity (Wildman–Crippen MR) is 69.6 cm³/mol. The number of nitrogens with zero attached hydrogens (tertiary/aromatic N) is 1. The molecule has 2 rings (SSSR count). The molecule has 0 aromatic heterocycles. The first-order chi connectivity index (χ1) is 7.79. The van der Waals surface area contributed by atoms with Gasteiger partial charge in [0, 0.05) is 6.04 Å². The number of hydrogen-bond acceptors (Lipinski definition) is 2. The molecule has 1 atom stereocenters. The van der Waals surface area contributed by atoms with Crippen molar-refractivity contribution in [3.05, 3.63) is 0 Å². The summed E-state index contributed by atoms with van der Waals surface area (Å²) in [6.45, 7) is 6.18. The molecule has 1 saturated heterocycles. The molecule has 0 spiro atoms. The molecule has 1 unspecified atom stereocenters. The fourth-order valence-electron chi connectivity index (χ4n) is 2.90. The molecular formula is C14H28N2. The smallest absolute Gasteiger partial charge is 0.00953 e. The van der Waals surface area contributed by atoms with Crippen LogP contribution >= 0.6 is 0 Å². The number of nitrogens with one attached hydrogen (secondary N) is 1. The third-order valence-corrected chi connectivity index (χ3v) is 4.30. The number of hydrogen-bond donors (Lipinski definition) is 1. The van der Waals surface area contributed by atoms with Crippen LogP contribution in [0.2, 0.25) is 0 Å². The second-order valence-electron chi connectivity index (χ2n) is 5.89. The SMILES string of the molecule is CCCC(NCC1CCN(C)CC1)C1CC1. The van der Waals surface area contributed by atoms with Crippen molar-refractivity contribution in [3.8, 4) is 0 Å². The highest BCUT2D eigenvalue weighted by molar-refractivity contribution is 4.87. The number of likely N-dealkylation sites (tertiary alicyclic amines) is 1. The van der Waals surface area contributed by atoms with Crippen molar-refractivity contribution in [2.75, 3.05) is 26.7 Å². The Labute approximate surface area is 101 Å². The van der Waals surface area contributed by atoms with Gasteiger partial charge in [-0.1, -0.05) is 13.3 Å². The Kier molecular flexibility index (Phi) is 4.66. The van der Waals surface area contributed by atoms with Crippen molar-refractivity contribution in [1.29, 1.82) is 0 Å². The summed E-state index contributed by atoms with van der Waals surface area (Å²) in [5.41, 5.74) is 0. The molecule has 1 aliphatic carbocycles. The van der Waals surface area contributed by atoms with Crippen LogP contribution in [0.1, 0.15) is 45.4 Å². The molecule has 1 N–H and O–H groups in total. The standard InChI is InChI=1S/C14H28N2/c1-3-4-14(13-5-6-13)15-11-12-7-9-16(2)10-8-12/h12-15H,3-11H2,1-2H3. The summed E-state index contributed by atoms with van der Waals surface area (Å²) in [5.74, 6) is 1.96. The summed E-state index contributed by atoms with van der Waals surface area (Å²) in [4.78, 5) is 2.46. The zero-order valence-electron chi connectivity index (χ0n) is 11.0. The van der Waals surface area contributed by atoms with E-state index >= 15 is 0 Å². The largest absolute Gasteiger partial charge is 0.313 e. The van der Waals surface area contributed by atoms with Crippen LogP contribution in [-0.2, 0) is 0 Å². The minimum absolute atomic E-state index is 0.838. The first kappa shape index (κ1) is 12.4. The van der Waals surface area contributed by atoms with E-state index in [1.54, 1.807) is 0 Å². The maximum Gasteiger partial charge on any atom is 0.00953 e. The number of piperidine rings is 1. The van der Waals surface area contributed by atoms with Crippen LogP contribution in [0, 0.1) is 11.8 Å². The average molecular weight is 224 g/mol. The lowest BCUT2D eigenvalue weighted by molar-refractivity contribution is 0.210. The molecule has 0 aromatic carbocycles. The Balaban J connectivity index is 1.65. The summed E-state index contributed by atoms with van der Waals surface area (Å²) < 4.78 is 0. The molecule has 0 radical (unpaired) electrons. The molecule has 16 heavy (non-hydrogen) atoms. The van der Waals surface area contributed by atoms with E-state index < -0.39 is 0 Å². The van der Waals surface area contributed by atoms with Crippen molar-refractivity contribution in [3.63, 3.8) is 0 Å². The van der Waals surface area contributed by atoms with Gasteiger partial charge in [-0.05, 0) is 70.6 Å². The molecular weight excluding hydrogens is 196 g/mol. The third-order valence-electron chi connectivity index (χ3n) is 4.30. The Hall–Kier alpha value is -0.0800. The van der Waals surface area contributed by atoms with Gasteiger partial charge < -0.3 is 10.2 Å². The molecule has 1 heterocycles. The van der Waals surface area contributed by atoms with E-state index in [-0.39, 0.29) is 0 Å². The first-order valence-corrected chi connectivity index (χ1v) is 7.21. The molecule has 2 aliphatic rings. The Morgan fingerprint density at radius 1 is 1.19 bits per heavy atom. The van der Waals surface area contributed by atoms with Gasteiger partial charge in [0.05, 0.1) is 0 Å². The van der Waals surface area contributed by atoms with Gasteiger partial charge in [0.15, 0.2) is 0 Å². The fraction of sp³-hybridized carbons (Fsp3) is 1.00. The van der Waals surface area contributed by atoms with Crippen LogP contribution in [0.25, 0.3) is 0 Å². The van der Waals surface area contributed by atoms with E-state index in [9.17, 15) is 0 Å². The van der Waals surface area contributed by atoms with Crippen molar-refractivity contribution >= 4 is 0 Å². The molecule has 1 aliphatic heterocycles. The van der Waals surface area contributed by atoms with Crippen molar-refractivity contribution in [2.45, 2.75) is 51.5 Å². The maximum atomic E-state index is 3.85. The highest BCUT2D eigenvalue weighted by atomic mass is 15.1. The van der Waals surface area contributed by atoms with Gasteiger partial charge in [0.1, 0.15) is 0 Å². The quantitative estimate of drug-likeness (QED) is 0.746. The number of rotatable bonds is 6. The van der Waals surface area contributed by atoms with Crippen LogP contribution in [0.5, 0.6) is 0 Å². The van der Waals surface area contributed by atoms with E-state index in [4.69, 9.17) is 0 Å². The fourth-order valence-corrected chi connectivity index (χ4v) is 2.90. The normalized spacial score (nSPS) is 25.9. The molecule has 2 fully saturated rings. The van der Waals surface area contributed by atoms with Gasteiger partial charge in [0.25, 0.3) is 0 Å². The summed E-state index contributed by atoms with van der Waals surface area (Å²) >= 11 is 0. The highest BCUT2D eigenvalue weighted by Gasteiger charge is 2.30. The van der Waals surface area contributed by atoms with E-state index in [0.717, 1.165) is 17.9 Å². The van der Waals surface area contributed by atoms with Crippen LogP contribution < -0.4 is 5.32 Å². The van der Waals surface area contributed by atoms with E-state index in [0.29, 0.717) is 0 Å². The first-order valence-electron chi connectivity index (χ1n) is 7.21. The Bertz CT molecular complexity index is 193. The van der Waals surface area contributed by atoms with Gasteiger partial charge in [-0.15, -0.1) is 0 Å².